The quantitative estimate of drug-likeness (QED) is 0.902. The van der Waals surface area contributed by atoms with Crippen LogP contribution in [0.25, 0.3) is 10.9 Å². The van der Waals surface area contributed by atoms with Crippen molar-refractivity contribution in [2.45, 2.75) is 52.2 Å². The molecule has 6 heteroatoms. The molecule has 136 valence electrons. The number of carbonyl (C=O) groups is 1. The maximum atomic E-state index is 12.3. The zero-order valence-electron chi connectivity index (χ0n) is 15.8. The van der Waals surface area contributed by atoms with Crippen LogP contribution in [0.2, 0.25) is 0 Å². The fraction of sp³-hybridized carbons (Fsp3) is 0.579. The van der Waals surface area contributed by atoms with Crippen molar-refractivity contribution in [3.63, 3.8) is 0 Å². The van der Waals surface area contributed by atoms with Crippen LogP contribution in [0.5, 0.6) is 0 Å². The van der Waals surface area contributed by atoms with Crippen LogP contribution in [0.3, 0.4) is 0 Å². The SMILES string of the molecule is Cc1cn(C)c2c(N[C@@H]3CCCN(C(=O)OC(C)(C)C)C3)nccc12. The molecule has 0 aromatic carbocycles. The third kappa shape index (κ3) is 3.89. The van der Waals surface area contributed by atoms with Crippen molar-refractivity contribution < 1.29 is 9.53 Å². The summed E-state index contributed by atoms with van der Waals surface area (Å²) < 4.78 is 7.61. The number of hydrogen-bond donors (Lipinski definition) is 1. The summed E-state index contributed by atoms with van der Waals surface area (Å²) in [5.74, 6) is 0.879. The van der Waals surface area contributed by atoms with Crippen LogP contribution in [0.1, 0.15) is 39.2 Å². The molecule has 1 fully saturated rings. The van der Waals surface area contributed by atoms with E-state index in [4.69, 9.17) is 4.74 Å². The molecule has 0 aliphatic carbocycles. The highest BCUT2D eigenvalue weighted by Gasteiger charge is 2.28. The minimum atomic E-state index is -0.467. The average Bonchev–Trinajstić information content (AvgIpc) is 2.82. The van der Waals surface area contributed by atoms with Gasteiger partial charge in [-0.25, -0.2) is 9.78 Å². The lowest BCUT2D eigenvalue weighted by Gasteiger charge is -2.34. The Bertz CT molecular complexity index is 776. The molecule has 0 bridgehead atoms. The second kappa shape index (κ2) is 6.58. The molecule has 2 aromatic rings. The van der Waals surface area contributed by atoms with Gasteiger partial charge in [0.25, 0.3) is 0 Å². The molecule has 0 radical (unpaired) electrons. The van der Waals surface area contributed by atoms with Crippen molar-refractivity contribution in [3.05, 3.63) is 24.0 Å². The molecule has 1 N–H and O–H groups in total. The summed E-state index contributed by atoms with van der Waals surface area (Å²) in [6.07, 6.45) is 5.69. The first kappa shape index (κ1) is 17.6. The molecule has 1 aliphatic heterocycles. The second-order valence-electron chi connectivity index (χ2n) is 7.89. The lowest BCUT2D eigenvalue weighted by molar-refractivity contribution is 0.0206. The molecule has 25 heavy (non-hydrogen) atoms. The Hall–Kier alpha value is -2.24. The first-order valence-electron chi connectivity index (χ1n) is 8.90. The first-order valence-corrected chi connectivity index (χ1v) is 8.90. The second-order valence-corrected chi connectivity index (χ2v) is 7.89. The number of piperidine rings is 1. The molecule has 0 unspecified atom stereocenters. The number of pyridine rings is 1. The summed E-state index contributed by atoms with van der Waals surface area (Å²) in [7, 11) is 2.04. The van der Waals surface area contributed by atoms with Crippen molar-refractivity contribution in [1.29, 1.82) is 0 Å². The maximum absolute atomic E-state index is 12.3. The summed E-state index contributed by atoms with van der Waals surface area (Å²) in [6.45, 7) is 9.17. The lowest BCUT2D eigenvalue weighted by Crippen LogP contribution is -2.47. The van der Waals surface area contributed by atoms with Crippen molar-refractivity contribution in [1.82, 2.24) is 14.5 Å². The van der Waals surface area contributed by atoms with Crippen molar-refractivity contribution >= 4 is 22.8 Å². The summed E-state index contributed by atoms with van der Waals surface area (Å²) in [6, 6.07) is 2.22. The van der Waals surface area contributed by atoms with Gasteiger partial charge in [0.05, 0.1) is 5.52 Å². The predicted octanol–water partition coefficient (Wildman–Crippen LogP) is 3.69. The number of nitrogens with zero attached hydrogens (tertiary/aromatic N) is 3. The van der Waals surface area contributed by atoms with Crippen LogP contribution in [0.4, 0.5) is 10.6 Å². The van der Waals surface area contributed by atoms with Gasteiger partial charge in [0.15, 0.2) is 5.82 Å². The van der Waals surface area contributed by atoms with Gasteiger partial charge in [-0.05, 0) is 52.2 Å². The van der Waals surface area contributed by atoms with E-state index >= 15 is 0 Å². The number of rotatable bonds is 2. The van der Waals surface area contributed by atoms with E-state index in [1.54, 1.807) is 4.90 Å². The van der Waals surface area contributed by atoms with E-state index in [2.05, 4.69) is 28.0 Å². The normalized spacial score (nSPS) is 18.4. The zero-order chi connectivity index (χ0) is 18.2. The van der Waals surface area contributed by atoms with Gasteiger partial charge < -0.3 is 19.5 Å². The van der Waals surface area contributed by atoms with Crippen LogP contribution in [0.15, 0.2) is 18.5 Å². The van der Waals surface area contributed by atoms with Gasteiger partial charge in [-0.15, -0.1) is 0 Å². The minimum Gasteiger partial charge on any atom is -0.444 e. The van der Waals surface area contributed by atoms with E-state index in [1.165, 1.54) is 10.9 Å². The highest BCUT2D eigenvalue weighted by atomic mass is 16.6. The Kier molecular flexibility index (Phi) is 4.62. The predicted molar refractivity (Wildman–Crippen MR) is 99.9 cm³/mol. The molecular weight excluding hydrogens is 316 g/mol. The molecule has 1 amide bonds. The Morgan fingerprint density at radius 1 is 1.40 bits per heavy atom. The van der Waals surface area contributed by atoms with E-state index in [0.717, 1.165) is 30.7 Å². The summed E-state index contributed by atoms with van der Waals surface area (Å²) in [4.78, 5) is 18.7. The number of anilines is 1. The molecule has 1 atom stereocenters. The van der Waals surface area contributed by atoms with Gasteiger partial charge in [0, 0.05) is 44.0 Å². The number of aromatic nitrogens is 2. The highest BCUT2D eigenvalue weighted by Crippen LogP contribution is 2.27. The monoisotopic (exact) mass is 344 g/mol. The fourth-order valence-electron chi connectivity index (χ4n) is 3.44. The third-order valence-electron chi connectivity index (χ3n) is 4.50. The number of aryl methyl sites for hydroxylation is 2. The largest absolute Gasteiger partial charge is 0.444 e. The fourth-order valence-corrected chi connectivity index (χ4v) is 3.44. The average molecular weight is 344 g/mol. The van der Waals surface area contributed by atoms with Crippen LogP contribution < -0.4 is 5.32 Å². The summed E-state index contributed by atoms with van der Waals surface area (Å²) >= 11 is 0. The van der Waals surface area contributed by atoms with E-state index in [0.29, 0.717) is 6.54 Å². The Morgan fingerprint density at radius 3 is 2.88 bits per heavy atom. The van der Waals surface area contributed by atoms with Crippen LogP contribution in [-0.2, 0) is 11.8 Å². The third-order valence-corrected chi connectivity index (χ3v) is 4.50. The van der Waals surface area contributed by atoms with Crippen molar-refractivity contribution in [3.8, 4) is 0 Å². The van der Waals surface area contributed by atoms with E-state index in [9.17, 15) is 4.79 Å². The van der Waals surface area contributed by atoms with Crippen LogP contribution in [0, 0.1) is 6.92 Å². The van der Waals surface area contributed by atoms with E-state index in [1.807, 2.05) is 40.1 Å². The van der Waals surface area contributed by atoms with Gasteiger partial charge in [0.2, 0.25) is 0 Å². The Labute approximate surface area is 149 Å². The molecule has 0 spiro atoms. The number of nitrogens with one attached hydrogen (secondary N) is 1. The number of likely N-dealkylation sites (tertiary alicyclic amines) is 1. The number of hydrogen-bond acceptors (Lipinski definition) is 4. The Balaban J connectivity index is 1.74. The van der Waals surface area contributed by atoms with E-state index < -0.39 is 5.60 Å². The Morgan fingerprint density at radius 2 is 2.16 bits per heavy atom. The summed E-state index contributed by atoms with van der Waals surface area (Å²) in [5, 5.41) is 4.75. The molecule has 1 aliphatic rings. The molecule has 1 saturated heterocycles. The molecule has 3 rings (SSSR count). The molecule has 2 aromatic heterocycles. The zero-order valence-corrected chi connectivity index (χ0v) is 15.8. The topological polar surface area (TPSA) is 59.4 Å². The van der Waals surface area contributed by atoms with Gasteiger partial charge in [-0.2, -0.15) is 0 Å². The lowest BCUT2D eigenvalue weighted by atomic mass is 10.1. The van der Waals surface area contributed by atoms with Gasteiger partial charge in [-0.3, -0.25) is 0 Å². The molecule has 0 saturated carbocycles. The molecule has 6 nitrogen and oxygen atoms in total. The number of fused-ring (bicyclic) bond motifs is 1. The maximum Gasteiger partial charge on any atom is 0.410 e. The number of ether oxygens (including phenoxy) is 1. The highest BCUT2D eigenvalue weighted by molar-refractivity contribution is 5.92. The number of carbonyl (C=O) groups excluding carboxylic acids is 1. The van der Waals surface area contributed by atoms with Crippen molar-refractivity contribution in [2.75, 3.05) is 18.4 Å². The smallest absolute Gasteiger partial charge is 0.410 e. The van der Waals surface area contributed by atoms with Gasteiger partial charge in [0.1, 0.15) is 5.60 Å². The standard InChI is InChI=1S/C19H28N4O2/c1-13-11-22(5)16-15(13)8-9-20-17(16)21-14-7-6-10-23(12-14)18(24)25-19(2,3)4/h8-9,11,14H,6-7,10,12H2,1-5H3,(H,20,21)/t14-/m1/s1. The van der Waals surface area contributed by atoms with Crippen molar-refractivity contribution in [2.24, 2.45) is 7.05 Å². The van der Waals surface area contributed by atoms with Gasteiger partial charge in [-0.1, -0.05) is 0 Å². The molecule has 3 heterocycles. The first-order chi connectivity index (χ1) is 11.7. The summed E-state index contributed by atoms with van der Waals surface area (Å²) in [5.41, 5.74) is 1.88. The molecular formula is C19H28N4O2. The van der Waals surface area contributed by atoms with Crippen LogP contribution in [-0.4, -0.2) is 45.3 Å². The number of amides is 1. The minimum absolute atomic E-state index is 0.176. The van der Waals surface area contributed by atoms with E-state index in [-0.39, 0.29) is 12.1 Å². The van der Waals surface area contributed by atoms with Gasteiger partial charge >= 0.3 is 6.09 Å². The van der Waals surface area contributed by atoms with Crippen LogP contribution >= 0.6 is 0 Å².